The van der Waals surface area contributed by atoms with Gasteiger partial charge >= 0.3 is 5.97 Å². The highest BCUT2D eigenvalue weighted by molar-refractivity contribution is 5.91. The zero-order chi connectivity index (χ0) is 26.7. The third-order valence-electron chi connectivity index (χ3n) is 5.51. The number of amides is 2. The van der Waals surface area contributed by atoms with Crippen molar-refractivity contribution >= 4 is 24.0 Å². The molecule has 0 bridgehead atoms. The first kappa shape index (κ1) is 29.5. The summed E-state index contributed by atoms with van der Waals surface area (Å²) in [6, 6.07) is 13.5. The minimum Gasteiger partial charge on any atom is -0.494 e. The number of carbonyl (C=O) groups excluding carboxylic acids is 3. The van der Waals surface area contributed by atoms with Crippen molar-refractivity contribution in [1.29, 1.82) is 0 Å². The maximum Gasteiger partial charge on any atom is 0.343 e. The van der Waals surface area contributed by atoms with Gasteiger partial charge in [0.25, 0.3) is 5.91 Å². The van der Waals surface area contributed by atoms with Gasteiger partial charge in [-0.15, -0.1) is 0 Å². The van der Waals surface area contributed by atoms with Crippen molar-refractivity contribution in [1.82, 2.24) is 10.7 Å². The molecule has 0 spiro atoms. The Bertz CT molecular complexity index is 988. The smallest absolute Gasteiger partial charge is 0.343 e. The third kappa shape index (κ3) is 12.7. The second-order valence-electron chi connectivity index (χ2n) is 8.77. The number of unbranched alkanes of at least 4 members (excludes halogenated alkanes) is 6. The van der Waals surface area contributed by atoms with Gasteiger partial charge < -0.3 is 14.8 Å². The maximum absolute atomic E-state index is 12.3. The van der Waals surface area contributed by atoms with Gasteiger partial charge in [-0.05, 0) is 66.9 Å². The molecule has 0 atom stereocenters. The quantitative estimate of drug-likeness (QED) is 0.0976. The SMILES string of the molecule is CCCCCCCCCC(=O)NCC(=O)NN=Cc1ccc(OC(=O)c2ccc(OCCC)cc2)cc1. The molecule has 200 valence electrons. The fourth-order valence-electron chi connectivity index (χ4n) is 3.42. The average Bonchev–Trinajstić information content (AvgIpc) is 2.91. The number of ether oxygens (including phenoxy) is 2. The first-order valence-electron chi connectivity index (χ1n) is 13.2. The molecular formula is C29H39N3O5. The van der Waals surface area contributed by atoms with Crippen LogP contribution in [0.1, 0.15) is 87.6 Å². The Morgan fingerprint density at radius 3 is 2.11 bits per heavy atom. The molecule has 2 aromatic rings. The van der Waals surface area contributed by atoms with E-state index >= 15 is 0 Å². The van der Waals surface area contributed by atoms with Crippen molar-refractivity contribution < 1.29 is 23.9 Å². The lowest BCUT2D eigenvalue weighted by Gasteiger charge is -2.07. The van der Waals surface area contributed by atoms with E-state index in [-0.39, 0.29) is 12.5 Å². The van der Waals surface area contributed by atoms with E-state index in [1.54, 1.807) is 48.5 Å². The fourth-order valence-corrected chi connectivity index (χ4v) is 3.42. The molecule has 0 saturated carbocycles. The molecule has 8 heteroatoms. The summed E-state index contributed by atoms with van der Waals surface area (Å²) in [5.74, 6) is 0.102. The summed E-state index contributed by atoms with van der Waals surface area (Å²) < 4.78 is 10.9. The van der Waals surface area contributed by atoms with Gasteiger partial charge in [-0.3, -0.25) is 9.59 Å². The Hall–Kier alpha value is -3.68. The molecule has 0 fully saturated rings. The number of nitrogens with zero attached hydrogens (tertiary/aromatic N) is 1. The van der Waals surface area contributed by atoms with Crippen molar-refractivity contribution in [2.75, 3.05) is 13.2 Å². The number of hydrazone groups is 1. The predicted molar refractivity (Wildman–Crippen MR) is 145 cm³/mol. The molecule has 0 saturated heterocycles. The standard InChI is InChI=1S/C29H39N3O5/c1-3-5-6-7-8-9-10-11-27(33)30-22-28(34)32-31-21-23-12-16-26(17-13-23)37-29(35)24-14-18-25(19-15-24)36-20-4-2/h12-19,21H,3-11,20,22H2,1-2H3,(H,30,33)(H,32,34). The summed E-state index contributed by atoms with van der Waals surface area (Å²) in [6.07, 6.45) is 10.8. The molecule has 37 heavy (non-hydrogen) atoms. The normalized spacial score (nSPS) is 10.8. The van der Waals surface area contributed by atoms with Gasteiger partial charge in [0.15, 0.2) is 0 Å². The molecule has 0 heterocycles. The first-order chi connectivity index (χ1) is 18.0. The summed E-state index contributed by atoms with van der Waals surface area (Å²) in [6.45, 7) is 4.72. The molecule has 0 aliphatic carbocycles. The topological polar surface area (TPSA) is 106 Å². The minimum absolute atomic E-state index is 0.118. The van der Waals surface area contributed by atoms with E-state index in [2.05, 4.69) is 22.8 Å². The third-order valence-corrected chi connectivity index (χ3v) is 5.51. The van der Waals surface area contributed by atoms with Gasteiger partial charge in [0.2, 0.25) is 5.91 Å². The summed E-state index contributed by atoms with van der Waals surface area (Å²) in [5.41, 5.74) is 3.52. The largest absolute Gasteiger partial charge is 0.494 e. The Morgan fingerprint density at radius 2 is 1.43 bits per heavy atom. The van der Waals surface area contributed by atoms with Crippen LogP contribution in [0.25, 0.3) is 0 Å². The van der Waals surface area contributed by atoms with E-state index in [1.165, 1.54) is 31.9 Å². The predicted octanol–water partition coefficient (Wildman–Crippen LogP) is 5.40. The van der Waals surface area contributed by atoms with Gasteiger partial charge in [0, 0.05) is 6.42 Å². The van der Waals surface area contributed by atoms with Crippen LogP contribution in [0.5, 0.6) is 11.5 Å². The molecule has 0 unspecified atom stereocenters. The van der Waals surface area contributed by atoms with Crippen LogP contribution in [-0.4, -0.2) is 37.1 Å². The van der Waals surface area contributed by atoms with Gasteiger partial charge in [0.05, 0.1) is 24.9 Å². The van der Waals surface area contributed by atoms with Crippen LogP contribution >= 0.6 is 0 Å². The number of carbonyl (C=O) groups is 3. The number of nitrogens with one attached hydrogen (secondary N) is 2. The van der Waals surface area contributed by atoms with Crippen LogP contribution in [0, 0.1) is 0 Å². The monoisotopic (exact) mass is 509 g/mol. The van der Waals surface area contributed by atoms with E-state index in [1.807, 2.05) is 6.92 Å². The molecule has 2 amide bonds. The summed E-state index contributed by atoms with van der Waals surface area (Å²) in [7, 11) is 0. The molecule has 0 aliphatic rings. The number of rotatable bonds is 17. The zero-order valence-corrected chi connectivity index (χ0v) is 22.0. The van der Waals surface area contributed by atoms with E-state index < -0.39 is 11.9 Å². The second kappa shape index (κ2) is 17.7. The van der Waals surface area contributed by atoms with E-state index in [0.29, 0.717) is 35.7 Å². The fraction of sp³-hybridized carbons (Fsp3) is 0.448. The molecule has 2 N–H and O–H groups in total. The van der Waals surface area contributed by atoms with E-state index in [4.69, 9.17) is 9.47 Å². The Labute approximate surface area is 219 Å². The molecule has 2 aromatic carbocycles. The van der Waals surface area contributed by atoms with Gasteiger partial charge in [-0.2, -0.15) is 5.10 Å². The van der Waals surface area contributed by atoms with Crippen LogP contribution in [0.2, 0.25) is 0 Å². The lowest BCUT2D eigenvalue weighted by Crippen LogP contribution is -2.34. The van der Waals surface area contributed by atoms with Crippen molar-refractivity contribution in [3.05, 3.63) is 59.7 Å². The van der Waals surface area contributed by atoms with Crippen LogP contribution in [0.15, 0.2) is 53.6 Å². The van der Waals surface area contributed by atoms with E-state index in [9.17, 15) is 14.4 Å². The first-order valence-corrected chi connectivity index (χ1v) is 13.2. The van der Waals surface area contributed by atoms with Gasteiger partial charge in [-0.25, -0.2) is 10.2 Å². The number of hydrogen-bond donors (Lipinski definition) is 2. The van der Waals surface area contributed by atoms with Crippen LogP contribution in [0.3, 0.4) is 0 Å². The number of benzene rings is 2. The highest BCUT2D eigenvalue weighted by Crippen LogP contribution is 2.16. The molecule has 0 aliphatic heterocycles. The van der Waals surface area contributed by atoms with Crippen molar-refractivity contribution in [3.8, 4) is 11.5 Å². The van der Waals surface area contributed by atoms with E-state index in [0.717, 1.165) is 25.7 Å². The van der Waals surface area contributed by atoms with Crippen LogP contribution in [-0.2, 0) is 9.59 Å². The molecule has 0 aromatic heterocycles. The lowest BCUT2D eigenvalue weighted by atomic mass is 10.1. The molecular weight excluding hydrogens is 470 g/mol. The lowest BCUT2D eigenvalue weighted by molar-refractivity contribution is -0.126. The summed E-state index contributed by atoms with van der Waals surface area (Å²) in [4.78, 5) is 36.1. The number of esters is 1. The summed E-state index contributed by atoms with van der Waals surface area (Å²) in [5, 5.41) is 6.52. The summed E-state index contributed by atoms with van der Waals surface area (Å²) >= 11 is 0. The molecule has 0 radical (unpaired) electrons. The second-order valence-corrected chi connectivity index (χ2v) is 8.77. The van der Waals surface area contributed by atoms with Crippen molar-refractivity contribution in [2.24, 2.45) is 5.10 Å². The van der Waals surface area contributed by atoms with Crippen molar-refractivity contribution in [2.45, 2.75) is 71.6 Å². The maximum atomic E-state index is 12.3. The average molecular weight is 510 g/mol. The molecule has 8 nitrogen and oxygen atoms in total. The zero-order valence-electron chi connectivity index (χ0n) is 22.0. The van der Waals surface area contributed by atoms with Crippen LogP contribution in [0.4, 0.5) is 0 Å². The molecule has 2 rings (SSSR count). The van der Waals surface area contributed by atoms with Gasteiger partial charge in [0.1, 0.15) is 11.5 Å². The van der Waals surface area contributed by atoms with Crippen molar-refractivity contribution in [3.63, 3.8) is 0 Å². The highest BCUT2D eigenvalue weighted by Gasteiger charge is 2.09. The minimum atomic E-state index is -0.468. The number of hydrogen-bond acceptors (Lipinski definition) is 6. The Balaban J connectivity index is 1.65. The Morgan fingerprint density at radius 1 is 0.784 bits per heavy atom. The van der Waals surface area contributed by atoms with Gasteiger partial charge in [-0.1, -0.05) is 52.4 Å². The highest BCUT2D eigenvalue weighted by atomic mass is 16.5. The van der Waals surface area contributed by atoms with Crippen LogP contribution < -0.4 is 20.2 Å². The Kier molecular flexibility index (Phi) is 14.1.